The molecule has 0 saturated carbocycles. The highest BCUT2D eigenvalue weighted by molar-refractivity contribution is 6.30. The fourth-order valence-electron chi connectivity index (χ4n) is 2.16. The molecule has 0 aliphatic heterocycles. The number of halogens is 1. The van der Waals surface area contributed by atoms with Gasteiger partial charge in [0.25, 0.3) is 5.89 Å². The van der Waals surface area contributed by atoms with E-state index in [1.807, 2.05) is 36.4 Å². The van der Waals surface area contributed by atoms with Gasteiger partial charge in [-0.25, -0.2) is 0 Å². The molecule has 5 nitrogen and oxygen atoms in total. The van der Waals surface area contributed by atoms with Crippen molar-refractivity contribution in [2.75, 3.05) is 0 Å². The fraction of sp³-hybridized carbons (Fsp3) is 0.167. The maximum Gasteiger partial charge on any atom is 0.306 e. The van der Waals surface area contributed by atoms with Gasteiger partial charge in [-0.3, -0.25) is 4.79 Å². The zero-order chi connectivity index (χ0) is 16.8. The van der Waals surface area contributed by atoms with Gasteiger partial charge in [0.15, 0.2) is 6.61 Å². The molecule has 0 amide bonds. The second-order valence-electron chi connectivity index (χ2n) is 5.17. The van der Waals surface area contributed by atoms with E-state index in [1.165, 1.54) is 0 Å². The first-order valence-electron chi connectivity index (χ1n) is 7.49. The molecule has 0 saturated heterocycles. The fourth-order valence-corrected chi connectivity index (χ4v) is 2.35. The second kappa shape index (κ2) is 7.75. The van der Waals surface area contributed by atoms with Crippen LogP contribution in [0.4, 0.5) is 0 Å². The Morgan fingerprint density at radius 1 is 1.12 bits per heavy atom. The smallest absolute Gasteiger partial charge is 0.306 e. The Kier molecular flexibility index (Phi) is 5.23. The minimum atomic E-state index is -0.304. The number of hydrogen-bond acceptors (Lipinski definition) is 5. The third-order valence-electron chi connectivity index (χ3n) is 3.37. The minimum absolute atomic E-state index is 0.0405. The van der Waals surface area contributed by atoms with Gasteiger partial charge in [-0.2, -0.15) is 4.98 Å². The number of hydrogen-bond donors (Lipinski definition) is 0. The number of aryl methyl sites for hydroxylation is 1. The molecular formula is C18H15ClN2O3. The van der Waals surface area contributed by atoms with E-state index in [2.05, 4.69) is 10.1 Å². The van der Waals surface area contributed by atoms with Crippen molar-refractivity contribution in [3.8, 4) is 11.4 Å². The lowest BCUT2D eigenvalue weighted by Gasteiger charge is -2.02. The summed E-state index contributed by atoms with van der Waals surface area (Å²) in [6, 6.07) is 16.9. The topological polar surface area (TPSA) is 65.2 Å². The highest BCUT2D eigenvalue weighted by Crippen LogP contribution is 2.20. The molecule has 0 atom stereocenters. The number of carbonyl (C=O) groups is 1. The Morgan fingerprint density at radius 3 is 2.75 bits per heavy atom. The van der Waals surface area contributed by atoms with E-state index >= 15 is 0 Å². The highest BCUT2D eigenvalue weighted by atomic mass is 35.5. The van der Waals surface area contributed by atoms with Crippen molar-refractivity contribution in [2.45, 2.75) is 19.4 Å². The number of benzene rings is 2. The molecule has 2 aromatic carbocycles. The summed E-state index contributed by atoms with van der Waals surface area (Å²) in [4.78, 5) is 16.0. The Labute approximate surface area is 144 Å². The molecule has 0 spiro atoms. The van der Waals surface area contributed by atoms with Gasteiger partial charge in [0, 0.05) is 17.0 Å². The molecule has 1 aromatic heterocycles. The van der Waals surface area contributed by atoms with E-state index in [9.17, 15) is 4.79 Å². The molecule has 0 N–H and O–H groups in total. The number of esters is 1. The molecule has 3 aromatic rings. The number of rotatable bonds is 6. The molecule has 6 heteroatoms. The van der Waals surface area contributed by atoms with Crippen LogP contribution >= 0.6 is 11.6 Å². The standard InChI is InChI=1S/C18H15ClN2O3/c19-15-8-4-7-14(11-15)18-20-16(24-21-18)12-23-17(22)10-9-13-5-2-1-3-6-13/h1-8,11H,9-10,12H2. The predicted octanol–water partition coefficient (Wildman–Crippen LogP) is 4.07. The number of nitrogens with zero attached hydrogens (tertiary/aromatic N) is 2. The lowest BCUT2D eigenvalue weighted by molar-refractivity contribution is -0.145. The van der Waals surface area contributed by atoms with Crippen molar-refractivity contribution in [1.82, 2.24) is 10.1 Å². The van der Waals surface area contributed by atoms with E-state index in [0.717, 1.165) is 11.1 Å². The summed E-state index contributed by atoms with van der Waals surface area (Å²) in [6.45, 7) is -0.0405. The first-order chi connectivity index (χ1) is 11.7. The van der Waals surface area contributed by atoms with Crippen LogP contribution in [-0.4, -0.2) is 16.1 Å². The Balaban J connectivity index is 1.51. The maximum absolute atomic E-state index is 11.8. The summed E-state index contributed by atoms with van der Waals surface area (Å²) in [5.41, 5.74) is 1.84. The second-order valence-corrected chi connectivity index (χ2v) is 5.60. The largest absolute Gasteiger partial charge is 0.456 e. The Hall–Kier alpha value is -2.66. The van der Waals surface area contributed by atoms with Crippen LogP contribution in [-0.2, 0) is 22.6 Å². The van der Waals surface area contributed by atoms with Gasteiger partial charge < -0.3 is 9.26 Å². The van der Waals surface area contributed by atoms with Crippen LogP contribution in [0, 0.1) is 0 Å². The summed E-state index contributed by atoms with van der Waals surface area (Å²) in [7, 11) is 0. The third kappa shape index (κ3) is 4.43. The van der Waals surface area contributed by atoms with Crippen molar-refractivity contribution in [3.05, 3.63) is 71.1 Å². The quantitative estimate of drug-likeness (QED) is 0.632. The summed E-state index contributed by atoms with van der Waals surface area (Å²) >= 11 is 5.93. The van der Waals surface area contributed by atoms with Crippen LogP contribution in [0.15, 0.2) is 59.1 Å². The first-order valence-corrected chi connectivity index (χ1v) is 7.86. The van der Waals surface area contributed by atoms with E-state index in [4.69, 9.17) is 20.9 Å². The molecule has 1 heterocycles. The van der Waals surface area contributed by atoms with Crippen LogP contribution in [0.2, 0.25) is 5.02 Å². The molecule has 0 aliphatic carbocycles. The average Bonchev–Trinajstić information content (AvgIpc) is 3.08. The molecule has 0 aliphatic rings. The van der Waals surface area contributed by atoms with Gasteiger partial charge in [-0.1, -0.05) is 59.2 Å². The highest BCUT2D eigenvalue weighted by Gasteiger charge is 2.11. The molecule has 0 unspecified atom stereocenters. The van der Waals surface area contributed by atoms with E-state index in [-0.39, 0.29) is 18.5 Å². The number of ether oxygens (including phenoxy) is 1. The van der Waals surface area contributed by atoms with Gasteiger partial charge in [0.05, 0.1) is 0 Å². The van der Waals surface area contributed by atoms with Gasteiger partial charge in [-0.05, 0) is 24.1 Å². The Morgan fingerprint density at radius 2 is 1.96 bits per heavy atom. The monoisotopic (exact) mass is 342 g/mol. The van der Waals surface area contributed by atoms with Crippen LogP contribution in [0.25, 0.3) is 11.4 Å². The van der Waals surface area contributed by atoms with Crippen molar-refractivity contribution in [1.29, 1.82) is 0 Å². The van der Waals surface area contributed by atoms with Gasteiger partial charge >= 0.3 is 5.97 Å². The Bertz CT molecular complexity index is 818. The van der Waals surface area contributed by atoms with Crippen molar-refractivity contribution >= 4 is 17.6 Å². The predicted molar refractivity (Wildman–Crippen MR) is 89.3 cm³/mol. The van der Waals surface area contributed by atoms with Crippen LogP contribution < -0.4 is 0 Å². The lowest BCUT2D eigenvalue weighted by Crippen LogP contribution is -2.06. The molecule has 24 heavy (non-hydrogen) atoms. The minimum Gasteiger partial charge on any atom is -0.456 e. The molecular weight excluding hydrogens is 328 g/mol. The SMILES string of the molecule is O=C(CCc1ccccc1)OCc1nc(-c2cccc(Cl)c2)no1. The summed E-state index contributed by atoms with van der Waals surface area (Å²) in [5, 5.41) is 4.45. The zero-order valence-electron chi connectivity index (χ0n) is 12.8. The first kappa shape index (κ1) is 16.2. The normalized spacial score (nSPS) is 10.5. The number of aromatic nitrogens is 2. The van der Waals surface area contributed by atoms with E-state index in [1.54, 1.807) is 18.2 Å². The van der Waals surface area contributed by atoms with Crippen LogP contribution in [0.5, 0.6) is 0 Å². The molecule has 122 valence electrons. The third-order valence-corrected chi connectivity index (χ3v) is 3.60. The summed E-state index contributed by atoms with van der Waals surface area (Å²) in [6.07, 6.45) is 0.941. The number of carbonyl (C=O) groups excluding carboxylic acids is 1. The summed E-state index contributed by atoms with van der Waals surface area (Å²) in [5.74, 6) is 0.354. The van der Waals surface area contributed by atoms with Crippen LogP contribution in [0.3, 0.4) is 0 Å². The van der Waals surface area contributed by atoms with Gasteiger partial charge in [-0.15, -0.1) is 0 Å². The van der Waals surface area contributed by atoms with E-state index in [0.29, 0.717) is 23.7 Å². The lowest BCUT2D eigenvalue weighted by atomic mass is 10.1. The maximum atomic E-state index is 11.8. The van der Waals surface area contributed by atoms with E-state index < -0.39 is 0 Å². The van der Waals surface area contributed by atoms with Gasteiger partial charge in [0.1, 0.15) is 0 Å². The van der Waals surface area contributed by atoms with Gasteiger partial charge in [0.2, 0.25) is 5.82 Å². The molecule has 0 fully saturated rings. The molecule has 0 radical (unpaired) electrons. The summed E-state index contributed by atoms with van der Waals surface area (Å²) < 4.78 is 10.3. The molecule has 3 rings (SSSR count). The van der Waals surface area contributed by atoms with Crippen LogP contribution in [0.1, 0.15) is 17.9 Å². The average molecular weight is 343 g/mol. The van der Waals surface area contributed by atoms with Crippen molar-refractivity contribution in [2.24, 2.45) is 0 Å². The molecule has 0 bridgehead atoms. The van der Waals surface area contributed by atoms with Crippen molar-refractivity contribution in [3.63, 3.8) is 0 Å². The van der Waals surface area contributed by atoms with Crippen molar-refractivity contribution < 1.29 is 14.1 Å². The zero-order valence-corrected chi connectivity index (χ0v) is 13.6.